The average molecular weight is 401 g/mol. The second-order valence-electron chi connectivity index (χ2n) is 4.77. The van der Waals surface area contributed by atoms with Crippen molar-refractivity contribution in [3.63, 3.8) is 0 Å². The standard InChI is InChI=1S/C15H20IN3O2/c1-4-11(5-2)19-15(20)9(3)21-14-12(16)6-10(8-17)7-13(14)18/h6-7,9,11H,4-5,18H2,1-3H3,(H,19,20). The molecule has 0 aliphatic heterocycles. The molecule has 6 heteroatoms. The molecule has 1 unspecified atom stereocenters. The van der Waals surface area contributed by atoms with Crippen molar-refractivity contribution in [3.05, 3.63) is 21.3 Å². The fourth-order valence-corrected chi connectivity index (χ4v) is 2.62. The summed E-state index contributed by atoms with van der Waals surface area (Å²) in [6.07, 6.45) is 1.12. The van der Waals surface area contributed by atoms with Crippen molar-refractivity contribution in [2.75, 3.05) is 5.73 Å². The third kappa shape index (κ3) is 4.77. The van der Waals surface area contributed by atoms with Crippen LogP contribution in [0.25, 0.3) is 0 Å². The number of benzene rings is 1. The molecule has 1 aromatic carbocycles. The molecule has 0 spiro atoms. The van der Waals surface area contributed by atoms with Crippen molar-refractivity contribution in [2.45, 2.75) is 45.8 Å². The van der Waals surface area contributed by atoms with Gasteiger partial charge in [0, 0.05) is 6.04 Å². The molecule has 5 nitrogen and oxygen atoms in total. The van der Waals surface area contributed by atoms with Crippen molar-refractivity contribution in [3.8, 4) is 11.8 Å². The van der Waals surface area contributed by atoms with Crippen molar-refractivity contribution in [2.24, 2.45) is 0 Å². The van der Waals surface area contributed by atoms with Crippen molar-refractivity contribution >= 4 is 34.2 Å². The van der Waals surface area contributed by atoms with Gasteiger partial charge in [-0.1, -0.05) is 13.8 Å². The largest absolute Gasteiger partial charge is 0.478 e. The summed E-state index contributed by atoms with van der Waals surface area (Å²) in [6.45, 7) is 5.74. The van der Waals surface area contributed by atoms with Gasteiger partial charge in [0.15, 0.2) is 11.9 Å². The maximum absolute atomic E-state index is 12.1. The number of hydrogen-bond donors (Lipinski definition) is 2. The highest BCUT2D eigenvalue weighted by atomic mass is 127. The lowest BCUT2D eigenvalue weighted by molar-refractivity contribution is -0.128. The molecule has 0 fully saturated rings. The molecular weight excluding hydrogens is 381 g/mol. The number of carbonyl (C=O) groups is 1. The average Bonchev–Trinajstić information content (AvgIpc) is 2.47. The summed E-state index contributed by atoms with van der Waals surface area (Å²) in [5, 5.41) is 11.8. The first-order chi connectivity index (χ1) is 9.92. The van der Waals surface area contributed by atoms with Gasteiger partial charge in [0.2, 0.25) is 0 Å². The highest BCUT2D eigenvalue weighted by Gasteiger charge is 2.20. The number of anilines is 1. The predicted molar refractivity (Wildman–Crippen MR) is 90.9 cm³/mol. The van der Waals surface area contributed by atoms with E-state index in [1.807, 2.05) is 42.5 Å². The topological polar surface area (TPSA) is 88.1 Å². The summed E-state index contributed by atoms with van der Waals surface area (Å²) in [5.74, 6) is 0.282. The van der Waals surface area contributed by atoms with Gasteiger partial charge < -0.3 is 15.8 Å². The van der Waals surface area contributed by atoms with E-state index in [-0.39, 0.29) is 11.9 Å². The molecule has 1 rings (SSSR count). The van der Waals surface area contributed by atoms with Gasteiger partial charge in [0.05, 0.1) is 20.9 Å². The molecule has 1 amide bonds. The molecule has 0 saturated heterocycles. The smallest absolute Gasteiger partial charge is 0.260 e. The van der Waals surface area contributed by atoms with Crippen LogP contribution in [-0.4, -0.2) is 18.1 Å². The SMILES string of the molecule is CCC(CC)NC(=O)C(C)Oc1c(N)cc(C#N)cc1I. The maximum Gasteiger partial charge on any atom is 0.260 e. The zero-order chi connectivity index (χ0) is 16.0. The van der Waals surface area contributed by atoms with E-state index >= 15 is 0 Å². The maximum atomic E-state index is 12.1. The molecule has 0 heterocycles. The normalized spacial score (nSPS) is 11.8. The Bertz CT molecular complexity index is 527. The molecule has 1 aromatic rings. The van der Waals surface area contributed by atoms with Gasteiger partial charge in [-0.3, -0.25) is 4.79 Å². The van der Waals surface area contributed by atoms with E-state index < -0.39 is 6.10 Å². The van der Waals surface area contributed by atoms with Crippen LogP contribution < -0.4 is 15.8 Å². The van der Waals surface area contributed by atoms with E-state index in [2.05, 4.69) is 5.32 Å². The third-order valence-electron chi connectivity index (χ3n) is 3.20. The Morgan fingerprint density at radius 1 is 1.48 bits per heavy atom. The molecule has 0 aliphatic carbocycles. The van der Waals surface area contributed by atoms with Crippen LogP contribution in [0.3, 0.4) is 0 Å². The summed E-state index contributed by atoms with van der Waals surface area (Å²) >= 11 is 2.04. The van der Waals surface area contributed by atoms with Crippen molar-refractivity contribution in [1.82, 2.24) is 5.32 Å². The summed E-state index contributed by atoms with van der Waals surface area (Å²) in [5.41, 5.74) is 6.72. The van der Waals surface area contributed by atoms with Gasteiger partial charge in [0.1, 0.15) is 0 Å². The minimum absolute atomic E-state index is 0.154. The van der Waals surface area contributed by atoms with Crippen LogP contribution in [0.5, 0.6) is 5.75 Å². The Labute approximate surface area is 139 Å². The zero-order valence-corrected chi connectivity index (χ0v) is 14.6. The van der Waals surface area contributed by atoms with E-state index in [4.69, 9.17) is 15.7 Å². The number of halogens is 1. The lowest BCUT2D eigenvalue weighted by Gasteiger charge is -2.20. The monoisotopic (exact) mass is 401 g/mol. The Balaban J connectivity index is 2.82. The number of amides is 1. The second kappa shape index (κ2) is 8.08. The van der Waals surface area contributed by atoms with Crippen molar-refractivity contribution < 1.29 is 9.53 Å². The molecular formula is C15H20IN3O2. The van der Waals surface area contributed by atoms with Gasteiger partial charge in [0.25, 0.3) is 5.91 Å². The summed E-state index contributed by atoms with van der Waals surface area (Å²) in [7, 11) is 0. The van der Waals surface area contributed by atoms with Crippen molar-refractivity contribution in [1.29, 1.82) is 5.26 Å². The van der Waals surface area contributed by atoms with Gasteiger partial charge in [-0.05, 0) is 54.5 Å². The molecule has 21 heavy (non-hydrogen) atoms. The van der Waals surface area contributed by atoms with E-state index in [0.717, 1.165) is 12.8 Å². The summed E-state index contributed by atoms with van der Waals surface area (Å²) in [6, 6.07) is 5.41. The predicted octanol–water partition coefficient (Wildman–Crippen LogP) is 2.82. The highest BCUT2D eigenvalue weighted by Crippen LogP contribution is 2.30. The number of nitrogens with one attached hydrogen (secondary N) is 1. The van der Waals surface area contributed by atoms with Gasteiger partial charge in [-0.25, -0.2) is 0 Å². The summed E-state index contributed by atoms with van der Waals surface area (Å²) < 4.78 is 6.39. The molecule has 114 valence electrons. The fourth-order valence-electron chi connectivity index (χ4n) is 1.85. The van der Waals surface area contributed by atoms with Gasteiger partial charge in [-0.2, -0.15) is 5.26 Å². The molecule has 0 radical (unpaired) electrons. The first-order valence-electron chi connectivity index (χ1n) is 6.89. The molecule has 0 bridgehead atoms. The minimum atomic E-state index is -0.644. The molecule has 0 aromatic heterocycles. The lowest BCUT2D eigenvalue weighted by Crippen LogP contribution is -2.42. The van der Waals surface area contributed by atoms with E-state index in [1.165, 1.54) is 0 Å². The Morgan fingerprint density at radius 2 is 2.10 bits per heavy atom. The number of nitriles is 1. The first-order valence-corrected chi connectivity index (χ1v) is 7.96. The van der Waals surface area contributed by atoms with Crippen LogP contribution >= 0.6 is 22.6 Å². The zero-order valence-electron chi connectivity index (χ0n) is 12.4. The molecule has 0 aliphatic rings. The Kier molecular flexibility index (Phi) is 6.75. The number of nitrogen functional groups attached to an aromatic ring is 1. The van der Waals surface area contributed by atoms with Crippen LogP contribution in [-0.2, 0) is 4.79 Å². The van der Waals surface area contributed by atoms with E-state index in [1.54, 1.807) is 19.1 Å². The van der Waals surface area contributed by atoms with Crippen LogP contribution in [0.15, 0.2) is 12.1 Å². The Hall–Kier alpha value is -1.49. The van der Waals surface area contributed by atoms with Crippen LogP contribution in [0.1, 0.15) is 39.2 Å². The van der Waals surface area contributed by atoms with Gasteiger partial charge >= 0.3 is 0 Å². The number of carbonyl (C=O) groups excluding carboxylic acids is 1. The third-order valence-corrected chi connectivity index (χ3v) is 4.00. The lowest BCUT2D eigenvalue weighted by atomic mass is 10.1. The Morgan fingerprint density at radius 3 is 2.57 bits per heavy atom. The van der Waals surface area contributed by atoms with E-state index in [9.17, 15) is 4.79 Å². The number of rotatable bonds is 6. The molecule has 0 saturated carbocycles. The van der Waals surface area contributed by atoms with Crippen LogP contribution in [0.2, 0.25) is 0 Å². The van der Waals surface area contributed by atoms with Crippen LogP contribution in [0, 0.1) is 14.9 Å². The minimum Gasteiger partial charge on any atom is -0.478 e. The number of nitrogens with two attached hydrogens (primary N) is 1. The summed E-state index contributed by atoms with van der Waals surface area (Å²) in [4.78, 5) is 12.1. The molecule has 1 atom stereocenters. The second-order valence-corrected chi connectivity index (χ2v) is 5.93. The fraction of sp³-hybridized carbons (Fsp3) is 0.467. The quantitative estimate of drug-likeness (QED) is 0.567. The van der Waals surface area contributed by atoms with Gasteiger partial charge in [-0.15, -0.1) is 0 Å². The first kappa shape index (κ1) is 17.6. The number of hydrogen-bond acceptors (Lipinski definition) is 4. The molecule has 3 N–H and O–H groups in total. The van der Waals surface area contributed by atoms with E-state index in [0.29, 0.717) is 20.6 Å². The number of nitrogens with zero attached hydrogens (tertiary/aromatic N) is 1. The van der Waals surface area contributed by atoms with Crippen LogP contribution in [0.4, 0.5) is 5.69 Å². The number of ether oxygens (including phenoxy) is 1. The highest BCUT2D eigenvalue weighted by molar-refractivity contribution is 14.1.